The van der Waals surface area contributed by atoms with Crippen LogP contribution in [-0.2, 0) is 4.79 Å². The van der Waals surface area contributed by atoms with Gasteiger partial charge in [0.1, 0.15) is 6.29 Å². The van der Waals surface area contributed by atoms with Crippen LogP contribution < -0.4 is 0 Å². The predicted octanol–water partition coefficient (Wildman–Crippen LogP) is 0.211. The van der Waals surface area contributed by atoms with E-state index in [2.05, 4.69) is 23.9 Å². The van der Waals surface area contributed by atoms with Gasteiger partial charge in [-0.15, -0.1) is 0 Å². The van der Waals surface area contributed by atoms with Gasteiger partial charge in [-0.2, -0.15) is 0 Å². The lowest BCUT2D eigenvalue weighted by atomic mass is 10.2. The number of hydrogen-bond donors (Lipinski definition) is 0. The van der Waals surface area contributed by atoms with Gasteiger partial charge in [-0.25, -0.2) is 0 Å². The molecule has 3 heteroatoms. The third-order valence-corrected chi connectivity index (χ3v) is 2.41. The summed E-state index contributed by atoms with van der Waals surface area (Å²) in [5.41, 5.74) is 0. The highest BCUT2D eigenvalue weighted by Gasteiger charge is 2.22. The molecule has 0 radical (unpaired) electrons. The predicted molar refractivity (Wildman–Crippen MR) is 49.2 cm³/mol. The van der Waals surface area contributed by atoms with Crippen molar-refractivity contribution >= 4 is 6.29 Å². The third kappa shape index (κ3) is 2.57. The van der Waals surface area contributed by atoms with Gasteiger partial charge in [0.05, 0.1) is 6.04 Å². The summed E-state index contributed by atoms with van der Waals surface area (Å²) < 4.78 is 0. The van der Waals surface area contributed by atoms with Crippen LogP contribution in [0.2, 0.25) is 0 Å². The number of hydrogen-bond acceptors (Lipinski definition) is 3. The topological polar surface area (TPSA) is 23.6 Å². The summed E-state index contributed by atoms with van der Waals surface area (Å²) in [6.07, 6.45) is 3.32. The second kappa shape index (κ2) is 4.58. The molecule has 0 aromatic heterocycles. The second-order valence-corrected chi connectivity index (χ2v) is 3.68. The first-order valence-electron chi connectivity index (χ1n) is 4.58. The van der Waals surface area contributed by atoms with E-state index < -0.39 is 0 Å². The first kappa shape index (κ1) is 9.68. The molecule has 12 heavy (non-hydrogen) atoms. The fourth-order valence-electron chi connectivity index (χ4n) is 1.61. The van der Waals surface area contributed by atoms with Gasteiger partial charge in [-0.3, -0.25) is 4.90 Å². The van der Waals surface area contributed by atoms with Crippen LogP contribution in [0.25, 0.3) is 0 Å². The summed E-state index contributed by atoms with van der Waals surface area (Å²) in [6, 6.07) is 0.199. The fraction of sp³-hybridized carbons (Fsp3) is 0.889. The second-order valence-electron chi connectivity index (χ2n) is 3.68. The third-order valence-electron chi connectivity index (χ3n) is 2.41. The van der Waals surface area contributed by atoms with E-state index in [0.717, 1.165) is 32.3 Å². The molecule has 0 amide bonds. The highest BCUT2D eigenvalue weighted by atomic mass is 16.1. The molecule has 0 aromatic rings. The lowest BCUT2D eigenvalue weighted by Crippen LogP contribution is -2.36. The maximum Gasteiger partial charge on any atom is 0.137 e. The SMILES string of the molecule is CN(C)CCN1CCC[C@H]1C=O. The monoisotopic (exact) mass is 170 g/mol. The summed E-state index contributed by atoms with van der Waals surface area (Å²) in [4.78, 5) is 15.0. The quantitative estimate of drug-likeness (QED) is 0.564. The van der Waals surface area contributed by atoms with Crippen LogP contribution in [0, 0.1) is 0 Å². The molecule has 0 N–H and O–H groups in total. The summed E-state index contributed by atoms with van der Waals surface area (Å²) in [6.45, 7) is 3.16. The van der Waals surface area contributed by atoms with Crippen LogP contribution in [-0.4, -0.2) is 55.9 Å². The van der Waals surface area contributed by atoms with Crippen LogP contribution in [0.5, 0.6) is 0 Å². The number of carbonyl (C=O) groups is 1. The fourth-order valence-corrected chi connectivity index (χ4v) is 1.61. The van der Waals surface area contributed by atoms with Crippen molar-refractivity contribution in [2.45, 2.75) is 18.9 Å². The summed E-state index contributed by atoms with van der Waals surface area (Å²) in [5, 5.41) is 0. The minimum absolute atomic E-state index is 0.199. The zero-order chi connectivity index (χ0) is 8.97. The van der Waals surface area contributed by atoms with Crippen LogP contribution in [0.4, 0.5) is 0 Å². The van der Waals surface area contributed by atoms with E-state index in [4.69, 9.17) is 0 Å². The highest BCUT2D eigenvalue weighted by molar-refractivity contribution is 5.58. The van der Waals surface area contributed by atoms with E-state index in [-0.39, 0.29) is 6.04 Å². The maximum absolute atomic E-state index is 10.6. The molecule has 0 aliphatic carbocycles. The van der Waals surface area contributed by atoms with Crippen molar-refractivity contribution in [2.24, 2.45) is 0 Å². The van der Waals surface area contributed by atoms with Gasteiger partial charge < -0.3 is 9.69 Å². The molecular weight excluding hydrogens is 152 g/mol. The molecule has 0 bridgehead atoms. The normalized spacial score (nSPS) is 25.1. The van der Waals surface area contributed by atoms with Crippen molar-refractivity contribution in [3.8, 4) is 0 Å². The molecule has 1 fully saturated rings. The number of likely N-dealkylation sites (tertiary alicyclic amines) is 1. The van der Waals surface area contributed by atoms with Crippen molar-refractivity contribution in [2.75, 3.05) is 33.7 Å². The van der Waals surface area contributed by atoms with E-state index in [0.29, 0.717) is 0 Å². The molecule has 1 aliphatic rings. The average Bonchev–Trinajstić information content (AvgIpc) is 2.47. The molecule has 3 nitrogen and oxygen atoms in total. The number of nitrogens with zero attached hydrogens (tertiary/aromatic N) is 2. The summed E-state index contributed by atoms with van der Waals surface area (Å²) in [5.74, 6) is 0. The lowest BCUT2D eigenvalue weighted by Gasteiger charge is -2.21. The van der Waals surface area contributed by atoms with Crippen molar-refractivity contribution in [3.05, 3.63) is 0 Å². The van der Waals surface area contributed by atoms with Gasteiger partial charge >= 0.3 is 0 Å². The van der Waals surface area contributed by atoms with Crippen molar-refractivity contribution in [1.29, 1.82) is 0 Å². The van der Waals surface area contributed by atoms with Crippen LogP contribution >= 0.6 is 0 Å². The molecule has 1 atom stereocenters. The standard InChI is InChI=1S/C9H18N2O/c1-10(2)6-7-11-5-3-4-9(11)8-12/h8-9H,3-7H2,1-2H3/t9-/m0/s1. The molecule has 1 aliphatic heterocycles. The minimum atomic E-state index is 0.199. The van der Waals surface area contributed by atoms with Gasteiger partial charge in [0.15, 0.2) is 0 Å². The Morgan fingerprint density at radius 1 is 1.58 bits per heavy atom. The number of rotatable bonds is 4. The molecule has 1 saturated heterocycles. The van der Waals surface area contributed by atoms with E-state index in [1.165, 1.54) is 6.42 Å². The Hall–Kier alpha value is -0.410. The molecule has 1 heterocycles. The lowest BCUT2D eigenvalue weighted by molar-refractivity contribution is -0.111. The molecule has 0 spiro atoms. The molecule has 0 unspecified atom stereocenters. The first-order valence-corrected chi connectivity index (χ1v) is 4.58. The van der Waals surface area contributed by atoms with Crippen LogP contribution in [0.3, 0.4) is 0 Å². The van der Waals surface area contributed by atoms with Crippen LogP contribution in [0.1, 0.15) is 12.8 Å². The molecule has 0 saturated carbocycles. The number of aldehydes is 1. The minimum Gasteiger partial charge on any atom is -0.308 e. The van der Waals surface area contributed by atoms with Gasteiger partial charge in [0.25, 0.3) is 0 Å². The largest absolute Gasteiger partial charge is 0.308 e. The van der Waals surface area contributed by atoms with Crippen molar-refractivity contribution in [1.82, 2.24) is 9.80 Å². The summed E-state index contributed by atoms with van der Waals surface area (Å²) >= 11 is 0. The van der Waals surface area contributed by atoms with E-state index in [1.807, 2.05) is 0 Å². The average molecular weight is 170 g/mol. The zero-order valence-corrected chi connectivity index (χ0v) is 7.99. The smallest absolute Gasteiger partial charge is 0.137 e. The Bertz CT molecular complexity index is 147. The molecule has 0 aromatic carbocycles. The molecule has 1 rings (SSSR count). The Morgan fingerprint density at radius 3 is 2.92 bits per heavy atom. The van der Waals surface area contributed by atoms with Gasteiger partial charge in [-0.1, -0.05) is 0 Å². The highest BCUT2D eigenvalue weighted by Crippen LogP contribution is 2.14. The van der Waals surface area contributed by atoms with E-state index in [9.17, 15) is 4.79 Å². The Morgan fingerprint density at radius 2 is 2.33 bits per heavy atom. The Labute approximate surface area is 74.3 Å². The van der Waals surface area contributed by atoms with E-state index >= 15 is 0 Å². The van der Waals surface area contributed by atoms with Gasteiger partial charge in [0.2, 0.25) is 0 Å². The van der Waals surface area contributed by atoms with Crippen LogP contribution in [0.15, 0.2) is 0 Å². The number of carbonyl (C=O) groups excluding carboxylic acids is 1. The maximum atomic E-state index is 10.6. The van der Waals surface area contributed by atoms with Crippen molar-refractivity contribution < 1.29 is 4.79 Å². The summed E-state index contributed by atoms with van der Waals surface area (Å²) in [7, 11) is 4.12. The Balaban J connectivity index is 2.26. The Kier molecular flexibility index (Phi) is 3.69. The van der Waals surface area contributed by atoms with Crippen molar-refractivity contribution in [3.63, 3.8) is 0 Å². The van der Waals surface area contributed by atoms with E-state index in [1.54, 1.807) is 0 Å². The first-order chi connectivity index (χ1) is 5.74. The van der Waals surface area contributed by atoms with Gasteiger partial charge in [-0.05, 0) is 33.5 Å². The number of likely N-dealkylation sites (N-methyl/N-ethyl adjacent to an activating group) is 1. The molecule has 70 valence electrons. The van der Waals surface area contributed by atoms with Gasteiger partial charge in [0, 0.05) is 13.1 Å². The molecular formula is C9H18N2O. The zero-order valence-electron chi connectivity index (χ0n) is 7.99.